The summed E-state index contributed by atoms with van der Waals surface area (Å²) in [5.74, 6) is -0.180. The van der Waals surface area contributed by atoms with E-state index in [0.717, 1.165) is 8.95 Å². The Morgan fingerprint density at radius 3 is 2.74 bits per heavy atom. The van der Waals surface area contributed by atoms with Crippen LogP contribution < -0.4 is 5.32 Å². The molecule has 1 aliphatic heterocycles. The van der Waals surface area contributed by atoms with Gasteiger partial charge in [0, 0.05) is 20.1 Å². The molecule has 1 aliphatic rings. The van der Waals surface area contributed by atoms with Gasteiger partial charge >= 0.3 is 0 Å². The minimum Gasteiger partial charge on any atom is -0.506 e. The van der Waals surface area contributed by atoms with Gasteiger partial charge in [0.05, 0.1) is 15.5 Å². The zero-order valence-electron chi connectivity index (χ0n) is 11.3. The van der Waals surface area contributed by atoms with E-state index in [1.807, 2.05) is 28.7 Å². The highest BCUT2D eigenvalue weighted by Crippen LogP contribution is 2.28. The Balaban J connectivity index is 1.95. The lowest BCUT2D eigenvalue weighted by Crippen LogP contribution is -2.13. The Labute approximate surface area is 162 Å². The van der Waals surface area contributed by atoms with Gasteiger partial charge in [-0.15, -0.1) is 5.10 Å². The number of hydrogen-bond donors (Lipinski definition) is 2. The number of fused-ring (bicyclic) bond motifs is 1. The number of rotatable bonds is 2. The number of nitrogens with zero attached hydrogens (tertiary/aromatic N) is 2. The number of aromatic hydroxyl groups is 1. The minimum absolute atomic E-state index is 0.122. The molecule has 1 amide bonds. The number of carbonyl (C=O) groups excluding carboxylic acids is 1. The molecule has 2 aromatic rings. The zero-order chi connectivity index (χ0) is 16.6. The van der Waals surface area contributed by atoms with Gasteiger partial charge in [-0.25, -0.2) is 0 Å². The van der Waals surface area contributed by atoms with E-state index < -0.39 is 0 Å². The van der Waals surface area contributed by atoms with Crippen LogP contribution in [0.15, 0.2) is 49.5 Å². The molecule has 2 aromatic carbocycles. The number of amides is 1. The van der Waals surface area contributed by atoms with E-state index in [4.69, 9.17) is 0 Å². The second-order valence-electron chi connectivity index (χ2n) is 4.66. The van der Waals surface area contributed by atoms with Gasteiger partial charge in [-0.1, -0.05) is 31.9 Å². The van der Waals surface area contributed by atoms with Gasteiger partial charge in [0.25, 0.3) is 5.91 Å². The maximum Gasteiger partial charge on any atom is 0.276 e. The van der Waals surface area contributed by atoms with Crippen molar-refractivity contribution in [2.45, 2.75) is 0 Å². The molecule has 5 nitrogen and oxygen atoms in total. The first-order valence-electron chi connectivity index (χ1n) is 6.36. The molecule has 2 N–H and O–H groups in total. The molecule has 0 spiro atoms. The van der Waals surface area contributed by atoms with Crippen molar-refractivity contribution >= 4 is 78.0 Å². The molecule has 0 aromatic heterocycles. The van der Waals surface area contributed by atoms with Crippen LogP contribution in [0.5, 0.6) is 5.75 Å². The van der Waals surface area contributed by atoms with Gasteiger partial charge < -0.3 is 10.4 Å². The SMILES string of the molecule is O=C1Nc2ccc(Br)cc2/C1=N\N=C/c1cc(Br)cc(I)c1O. The highest BCUT2D eigenvalue weighted by molar-refractivity contribution is 14.1. The summed E-state index contributed by atoms with van der Waals surface area (Å²) in [7, 11) is 0. The number of hydrogen-bond acceptors (Lipinski definition) is 4. The molecule has 0 atom stereocenters. The minimum atomic E-state index is -0.303. The summed E-state index contributed by atoms with van der Waals surface area (Å²) < 4.78 is 2.37. The number of halogens is 3. The van der Waals surface area contributed by atoms with Crippen molar-refractivity contribution in [3.8, 4) is 5.75 Å². The van der Waals surface area contributed by atoms with Gasteiger partial charge in [-0.2, -0.15) is 5.10 Å². The molecular weight excluding hydrogens is 541 g/mol. The van der Waals surface area contributed by atoms with Crippen LogP contribution in [0, 0.1) is 3.57 Å². The monoisotopic (exact) mass is 547 g/mol. The van der Waals surface area contributed by atoms with Crippen LogP contribution in [0.25, 0.3) is 0 Å². The molecule has 8 heteroatoms. The van der Waals surface area contributed by atoms with Gasteiger partial charge in [0.15, 0.2) is 5.71 Å². The number of phenolic OH excluding ortho intramolecular Hbond substituents is 1. The van der Waals surface area contributed by atoms with Crippen LogP contribution in [-0.2, 0) is 4.79 Å². The summed E-state index contributed by atoms with van der Waals surface area (Å²) >= 11 is 8.76. The lowest BCUT2D eigenvalue weighted by Gasteiger charge is -2.02. The van der Waals surface area contributed by atoms with Crippen LogP contribution in [0.3, 0.4) is 0 Å². The Morgan fingerprint density at radius 1 is 1.17 bits per heavy atom. The molecule has 23 heavy (non-hydrogen) atoms. The Morgan fingerprint density at radius 2 is 1.96 bits per heavy atom. The number of carbonyl (C=O) groups is 1. The van der Waals surface area contributed by atoms with Crippen molar-refractivity contribution in [3.63, 3.8) is 0 Å². The molecule has 0 aliphatic carbocycles. The van der Waals surface area contributed by atoms with E-state index in [9.17, 15) is 9.90 Å². The average Bonchev–Trinajstić information content (AvgIpc) is 2.79. The number of phenols is 1. The highest BCUT2D eigenvalue weighted by Gasteiger charge is 2.26. The van der Waals surface area contributed by atoms with Crippen LogP contribution in [0.4, 0.5) is 5.69 Å². The van der Waals surface area contributed by atoms with Crippen molar-refractivity contribution in [1.82, 2.24) is 0 Å². The molecule has 1 heterocycles. The molecule has 0 bridgehead atoms. The fourth-order valence-electron chi connectivity index (χ4n) is 2.06. The zero-order valence-corrected chi connectivity index (χ0v) is 16.7. The van der Waals surface area contributed by atoms with E-state index in [1.54, 1.807) is 24.3 Å². The number of anilines is 1. The van der Waals surface area contributed by atoms with Gasteiger partial charge in [0.1, 0.15) is 5.75 Å². The molecule has 0 saturated heterocycles. The summed E-state index contributed by atoms with van der Waals surface area (Å²) in [6.45, 7) is 0. The van der Waals surface area contributed by atoms with E-state index in [-0.39, 0.29) is 17.4 Å². The number of nitrogens with one attached hydrogen (secondary N) is 1. The summed E-state index contributed by atoms with van der Waals surface area (Å²) in [4.78, 5) is 12.0. The topological polar surface area (TPSA) is 74.0 Å². The first kappa shape index (κ1) is 16.6. The van der Waals surface area contributed by atoms with Gasteiger partial charge in [-0.05, 0) is 52.9 Å². The highest BCUT2D eigenvalue weighted by atomic mass is 127. The van der Waals surface area contributed by atoms with Gasteiger partial charge in [-0.3, -0.25) is 4.79 Å². The Hall–Kier alpha value is -1.26. The fraction of sp³-hybridized carbons (Fsp3) is 0. The van der Waals surface area contributed by atoms with E-state index in [2.05, 4.69) is 47.4 Å². The molecule has 0 fully saturated rings. The second-order valence-corrected chi connectivity index (χ2v) is 7.66. The third-order valence-corrected chi connectivity index (χ3v) is 4.89. The largest absolute Gasteiger partial charge is 0.506 e. The summed E-state index contributed by atoms with van der Waals surface area (Å²) in [6.07, 6.45) is 1.42. The second kappa shape index (κ2) is 6.70. The molecule has 116 valence electrons. The van der Waals surface area contributed by atoms with E-state index >= 15 is 0 Å². The standard InChI is InChI=1S/C15H8Br2IN3O2/c16-8-1-2-12-10(4-8)13(15(23)20-12)21-19-6-7-3-9(17)5-11(18)14(7)22/h1-6,22H,(H,20,21,23)/b19-6-. The third kappa shape index (κ3) is 3.48. The fourth-order valence-corrected chi connectivity index (χ4v) is 3.97. The number of benzene rings is 2. The Kier molecular flexibility index (Phi) is 4.83. The third-order valence-electron chi connectivity index (χ3n) is 3.11. The van der Waals surface area contributed by atoms with Gasteiger partial charge in [0.2, 0.25) is 0 Å². The first-order valence-corrected chi connectivity index (χ1v) is 9.02. The average molecular weight is 549 g/mol. The normalized spacial score (nSPS) is 15.3. The summed E-state index contributed by atoms with van der Waals surface area (Å²) in [5, 5.41) is 20.7. The molecule has 3 rings (SSSR count). The maximum atomic E-state index is 12.0. The smallest absolute Gasteiger partial charge is 0.276 e. The van der Waals surface area contributed by atoms with Crippen molar-refractivity contribution in [2.24, 2.45) is 10.2 Å². The lowest BCUT2D eigenvalue weighted by molar-refractivity contribution is -0.110. The lowest BCUT2D eigenvalue weighted by atomic mass is 10.1. The van der Waals surface area contributed by atoms with Crippen molar-refractivity contribution in [2.75, 3.05) is 5.32 Å². The summed E-state index contributed by atoms with van der Waals surface area (Å²) in [5.41, 5.74) is 2.14. The van der Waals surface area contributed by atoms with E-state index in [0.29, 0.717) is 20.4 Å². The maximum absolute atomic E-state index is 12.0. The van der Waals surface area contributed by atoms with Crippen molar-refractivity contribution in [1.29, 1.82) is 0 Å². The quantitative estimate of drug-likeness (QED) is 0.334. The van der Waals surface area contributed by atoms with Crippen LogP contribution in [-0.4, -0.2) is 22.9 Å². The molecule has 0 saturated carbocycles. The molecule has 0 radical (unpaired) electrons. The van der Waals surface area contributed by atoms with Crippen LogP contribution >= 0.6 is 54.5 Å². The van der Waals surface area contributed by atoms with Crippen molar-refractivity contribution < 1.29 is 9.90 Å². The molecule has 0 unspecified atom stereocenters. The molecular formula is C15H8Br2IN3O2. The Bertz CT molecular complexity index is 881. The van der Waals surface area contributed by atoms with Crippen LogP contribution in [0.1, 0.15) is 11.1 Å². The predicted octanol–water partition coefficient (Wildman–Crippen LogP) is 4.30. The predicted molar refractivity (Wildman–Crippen MR) is 105 cm³/mol. The first-order chi connectivity index (χ1) is 11.0. The van der Waals surface area contributed by atoms with E-state index in [1.165, 1.54) is 6.21 Å². The summed E-state index contributed by atoms with van der Waals surface area (Å²) in [6, 6.07) is 8.96. The van der Waals surface area contributed by atoms with Crippen molar-refractivity contribution in [3.05, 3.63) is 54.0 Å². The van der Waals surface area contributed by atoms with Crippen LogP contribution in [0.2, 0.25) is 0 Å².